The molecule has 0 radical (unpaired) electrons. The second kappa shape index (κ2) is 11.3. The highest BCUT2D eigenvalue weighted by Gasteiger charge is 2.15. The number of nitrogens with zero attached hydrogens (tertiary/aromatic N) is 3. The minimum Gasteiger partial charge on any atom is -0.357 e. The van der Waals surface area contributed by atoms with Crippen molar-refractivity contribution in [2.24, 2.45) is 4.99 Å². The average Bonchev–Trinajstić information content (AvgIpc) is 3.06. The van der Waals surface area contributed by atoms with Crippen molar-refractivity contribution in [1.29, 1.82) is 0 Å². The van der Waals surface area contributed by atoms with Gasteiger partial charge in [0.05, 0.1) is 0 Å². The molecule has 1 aliphatic heterocycles. The van der Waals surface area contributed by atoms with Gasteiger partial charge in [-0.2, -0.15) is 0 Å². The van der Waals surface area contributed by atoms with E-state index in [1.807, 2.05) is 36.4 Å². The summed E-state index contributed by atoms with van der Waals surface area (Å²) in [5, 5.41) is 6.44. The lowest BCUT2D eigenvalue weighted by molar-refractivity contribution is -0.130. The maximum Gasteiger partial charge on any atom is 0.244 e. The standard InChI is InChI=1S/C16H27N5O.HI/c1-2-17-16(18-8-13-20-9-6-7-10-20)19-14-15(22)21-11-4-3-5-12-21;/h6-7,9-10H,2-5,8,11-14H2,1H3,(H2,17,18,19);1H. The number of amides is 1. The molecule has 0 unspecified atom stereocenters. The molecule has 130 valence electrons. The summed E-state index contributed by atoms with van der Waals surface area (Å²) in [5.74, 6) is 0.835. The molecule has 2 N–H and O–H groups in total. The fraction of sp³-hybridized carbons (Fsp3) is 0.625. The molecule has 0 spiro atoms. The second-order valence-corrected chi connectivity index (χ2v) is 5.48. The van der Waals surface area contributed by atoms with Crippen LogP contribution in [0.2, 0.25) is 0 Å². The van der Waals surface area contributed by atoms with Crippen LogP contribution in [0.15, 0.2) is 29.5 Å². The fourth-order valence-electron chi connectivity index (χ4n) is 2.55. The Kier molecular flexibility index (Phi) is 9.74. The SMILES string of the molecule is CCNC(=NCC(=O)N1CCCCC1)NCCn1cccc1.I. The summed E-state index contributed by atoms with van der Waals surface area (Å²) in [6.07, 6.45) is 7.53. The summed E-state index contributed by atoms with van der Waals surface area (Å²) in [4.78, 5) is 18.5. The third-order valence-corrected chi connectivity index (χ3v) is 3.75. The van der Waals surface area contributed by atoms with E-state index in [2.05, 4.69) is 20.2 Å². The van der Waals surface area contributed by atoms with Crippen molar-refractivity contribution < 1.29 is 4.79 Å². The molecule has 1 aliphatic rings. The summed E-state index contributed by atoms with van der Waals surface area (Å²) in [7, 11) is 0. The van der Waals surface area contributed by atoms with Gasteiger partial charge >= 0.3 is 0 Å². The maximum atomic E-state index is 12.1. The number of halogens is 1. The van der Waals surface area contributed by atoms with E-state index in [1.165, 1.54) is 6.42 Å². The van der Waals surface area contributed by atoms with Gasteiger partial charge in [0.25, 0.3) is 0 Å². The Morgan fingerprint density at radius 1 is 1.13 bits per heavy atom. The van der Waals surface area contributed by atoms with Crippen molar-refractivity contribution in [1.82, 2.24) is 20.1 Å². The predicted molar refractivity (Wildman–Crippen MR) is 104 cm³/mol. The van der Waals surface area contributed by atoms with Gasteiger partial charge in [-0.05, 0) is 38.3 Å². The summed E-state index contributed by atoms with van der Waals surface area (Å²) >= 11 is 0. The van der Waals surface area contributed by atoms with Crippen molar-refractivity contribution in [3.05, 3.63) is 24.5 Å². The van der Waals surface area contributed by atoms with Crippen LogP contribution in [0.1, 0.15) is 26.2 Å². The van der Waals surface area contributed by atoms with E-state index in [4.69, 9.17) is 0 Å². The largest absolute Gasteiger partial charge is 0.357 e. The first-order chi connectivity index (χ1) is 10.8. The molecule has 0 aliphatic carbocycles. The van der Waals surface area contributed by atoms with Gasteiger partial charge in [0, 0.05) is 45.1 Å². The zero-order valence-electron chi connectivity index (χ0n) is 13.8. The van der Waals surface area contributed by atoms with Gasteiger partial charge in [-0.15, -0.1) is 24.0 Å². The minimum absolute atomic E-state index is 0. The number of rotatable bonds is 6. The van der Waals surface area contributed by atoms with Gasteiger partial charge in [-0.25, -0.2) is 4.99 Å². The molecule has 0 saturated carbocycles. The third-order valence-electron chi connectivity index (χ3n) is 3.75. The smallest absolute Gasteiger partial charge is 0.244 e. The van der Waals surface area contributed by atoms with E-state index >= 15 is 0 Å². The Labute approximate surface area is 155 Å². The lowest BCUT2D eigenvalue weighted by Gasteiger charge is -2.26. The highest BCUT2D eigenvalue weighted by atomic mass is 127. The van der Waals surface area contributed by atoms with Crippen molar-refractivity contribution in [2.45, 2.75) is 32.7 Å². The first kappa shape index (κ1) is 19.8. The molecule has 1 fully saturated rings. The quantitative estimate of drug-likeness (QED) is 0.408. The van der Waals surface area contributed by atoms with E-state index in [0.29, 0.717) is 5.96 Å². The van der Waals surface area contributed by atoms with Crippen LogP contribution in [-0.4, -0.2) is 54.1 Å². The third kappa shape index (κ3) is 7.24. The molecule has 2 rings (SSSR count). The van der Waals surface area contributed by atoms with E-state index in [-0.39, 0.29) is 36.4 Å². The van der Waals surface area contributed by atoms with E-state index in [0.717, 1.165) is 45.6 Å². The highest BCUT2D eigenvalue weighted by molar-refractivity contribution is 14.0. The summed E-state index contributed by atoms with van der Waals surface area (Å²) in [5.41, 5.74) is 0. The molecule has 0 bridgehead atoms. The van der Waals surface area contributed by atoms with Crippen molar-refractivity contribution >= 4 is 35.8 Å². The maximum absolute atomic E-state index is 12.1. The topological polar surface area (TPSA) is 61.7 Å². The number of guanidine groups is 1. The van der Waals surface area contributed by atoms with Gasteiger partial charge in [0.2, 0.25) is 5.91 Å². The van der Waals surface area contributed by atoms with E-state index in [9.17, 15) is 4.79 Å². The Hall–Kier alpha value is -1.25. The van der Waals surface area contributed by atoms with Crippen LogP contribution in [0.3, 0.4) is 0 Å². The molecule has 1 amide bonds. The minimum atomic E-state index is 0. The van der Waals surface area contributed by atoms with Crippen molar-refractivity contribution in [3.8, 4) is 0 Å². The molecular weight excluding hydrogens is 405 g/mol. The van der Waals surface area contributed by atoms with Crippen molar-refractivity contribution in [3.63, 3.8) is 0 Å². The molecule has 2 heterocycles. The summed E-state index contributed by atoms with van der Waals surface area (Å²) in [6, 6.07) is 4.02. The molecule has 1 aromatic rings. The van der Waals surface area contributed by atoms with Crippen LogP contribution in [-0.2, 0) is 11.3 Å². The normalized spacial score (nSPS) is 15.0. The first-order valence-electron chi connectivity index (χ1n) is 8.20. The monoisotopic (exact) mass is 433 g/mol. The Balaban J connectivity index is 0.00000264. The first-order valence-corrected chi connectivity index (χ1v) is 8.20. The van der Waals surface area contributed by atoms with Gasteiger partial charge in [-0.1, -0.05) is 0 Å². The molecule has 0 aromatic carbocycles. The number of aliphatic imine (C=N–C) groups is 1. The number of carbonyl (C=O) groups is 1. The molecule has 23 heavy (non-hydrogen) atoms. The van der Waals surface area contributed by atoms with Crippen LogP contribution in [0.25, 0.3) is 0 Å². The number of piperidine rings is 1. The van der Waals surface area contributed by atoms with Gasteiger partial charge in [-0.3, -0.25) is 4.79 Å². The molecule has 1 aromatic heterocycles. The lowest BCUT2D eigenvalue weighted by atomic mass is 10.1. The average molecular weight is 433 g/mol. The van der Waals surface area contributed by atoms with Crippen LogP contribution in [0, 0.1) is 0 Å². The highest BCUT2D eigenvalue weighted by Crippen LogP contribution is 2.08. The molecule has 7 heteroatoms. The Morgan fingerprint density at radius 3 is 2.48 bits per heavy atom. The lowest BCUT2D eigenvalue weighted by Crippen LogP contribution is -2.41. The predicted octanol–water partition coefficient (Wildman–Crippen LogP) is 1.67. The summed E-state index contributed by atoms with van der Waals surface area (Å²) in [6.45, 7) is 6.44. The van der Waals surface area contributed by atoms with Gasteiger partial charge in [0.1, 0.15) is 6.54 Å². The molecule has 6 nitrogen and oxygen atoms in total. The Bertz CT molecular complexity index is 469. The number of likely N-dealkylation sites (tertiary alicyclic amines) is 1. The Morgan fingerprint density at radius 2 is 1.83 bits per heavy atom. The van der Waals surface area contributed by atoms with Crippen LogP contribution >= 0.6 is 24.0 Å². The number of hydrogen-bond acceptors (Lipinski definition) is 2. The zero-order chi connectivity index (χ0) is 15.6. The zero-order valence-corrected chi connectivity index (χ0v) is 16.2. The van der Waals surface area contributed by atoms with Gasteiger partial charge in [0.15, 0.2) is 5.96 Å². The van der Waals surface area contributed by atoms with Crippen LogP contribution < -0.4 is 10.6 Å². The van der Waals surface area contributed by atoms with Crippen LogP contribution in [0.4, 0.5) is 0 Å². The molecule has 0 atom stereocenters. The van der Waals surface area contributed by atoms with Crippen molar-refractivity contribution in [2.75, 3.05) is 32.7 Å². The number of carbonyl (C=O) groups excluding carboxylic acids is 1. The van der Waals surface area contributed by atoms with Crippen LogP contribution in [0.5, 0.6) is 0 Å². The second-order valence-electron chi connectivity index (χ2n) is 5.48. The molecule has 1 saturated heterocycles. The van der Waals surface area contributed by atoms with E-state index in [1.54, 1.807) is 0 Å². The number of nitrogens with one attached hydrogen (secondary N) is 2. The van der Waals surface area contributed by atoms with E-state index < -0.39 is 0 Å². The molecular formula is C16H28IN5O. The number of aromatic nitrogens is 1. The fourth-order valence-corrected chi connectivity index (χ4v) is 2.55. The van der Waals surface area contributed by atoms with Gasteiger partial charge < -0.3 is 20.1 Å². The number of hydrogen-bond donors (Lipinski definition) is 2. The summed E-state index contributed by atoms with van der Waals surface area (Å²) < 4.78 is 2.11.